The van der Waals surface area contributed by atoms with E-state index in [0.29, 0.717) is 10.8 Å². The van der Waals surface area contributed by atoms with Crippen LogP contribution in [0.1, 0.15) is 130 Å². The summed E-state index contributed by atoms with van der Waals surface area (Å²) >= 11 is 0. The van der Waals surface area contributed by atoms with E-state index in [1.54, 1.807) is 6.42 Å². The second-order valence-corrected chi connectivity index (χ2v) is 13.1. The van der Waals surface area contributed by atoms with Crippen molar-refractivity contribution in [2.24, 2.45) is 40.4 Å². The normalized spacial score (nSPS) is 34.6. The van der Waals surface area contributed by atoms with Crippen LogP contribution in [0.25, 0.3) is 5.57 Å². The number of benzene rings is 2. The molecule has 4 fully saturated rings. The predicted molar refractivity (Wildman–Crippen MR) is 172 cm³/mol. The molecule has 4 saturated carbocycles. The van der Waals surface area contributed by atoms with Crippen LogP contribution < -0.4 is 0 Å². The molecule has 7 unspecified atom stereocenters. The van der Waals surface area contributed by atoms with Crippen molar-refractivity contribution in [3.8, 4) is 0 Å². The van der Waals surface area contributed by atoms with Gasteiger partial charge >= 0.3 is 0 Å². The van der Waals surface area contributed by atoms with Gasteiger partial charge in [0.1, 0.15) is 0 Å². The van der Waals surface area contributed by atoms with Gasteiger partial charge in [0.15, 0.2) is 0 Å². The quantitative estimate of drug-likeness (QED) is 0.363. The van der Waals surface area contributed by atoms with Crippen LogP contribution in [0.4, 0.5) is 0 Å². The summed E-state index contributed by atoms with van der Waals surface area (Å²) in [7, 11) is 0. The predicted octanol–water partition coefficient (Wildman–Crippen LogP) is 12.0. The van der Waals surface area contributed by atoms with Crippen LogP contribution >= 0.6 is 0 Å². The molecule has 0 bridgehead atoms. The minimum Gasteiger partial charge on any atom is -0.0760 e. The van der Waals surface area contributed by atoms with Crippen molar-refractivity contribution in [2.45, 2.75) is 119 Å². The van der Waals surface area contributed by atoms with Gasteiger partial charge in [0.05, 0.1) is 0 Å². The molecule has 0 spiro atoms. The smallest absolute Gasteiger partial charge is 0.0151 e. The van der Waals surface area contributed by atoms with Crippen molar-refractivity contribution in [1.82, 2.24) is 0 Å². The fraction of sp³-hybridized carbons (Fsp3) is 0.641. The first kappa shape index (κ1) is 30.1. The maximum Gasteiger partial charge on any atom is -0.0151 e. The Bertz CT molecular complexity index is 977. The summed E-state index contributed by atoms with van der Waals surface area (Å²) in [4.78, 5) is 0. The van der Waals surface area contributed by atoms with Gasteiger partial charge in [0, 0.05) is 0 Å². The van der Waals surface area contributed by atoms with E-state index < -0.39 is 0 Å². The molecule has 4 aliphatic rings. The lowest BCUT2D eigenvalue weighted by molar-refractivity contribution is -0.111. The summed E-state index contributed by atoms with van der Waals surface area (Å²) in [5, 5.41) is 0. The molecule has 6 rings (SSSR count). The second-order valence-electron chi connectivity index (χ2n) is 13.1. The first-order valence-electron chi connectivity index (χ1n) is 16.9. The lowest BCUT2D eigenvalue weighted by Gasteiger charge is -2.60. The van der Waals surface area contributed by atoms with Crippen molar-refractivity contribution < 1.29 is 0 Å². The number of allylic oxidation sites excluding steroid dienone is 1. The van der Waals surface area contributed by atoms with E-state index >= 15 is 0 Å². The fourth-order valence-corrected chi connectivity index (χ4v) is 9.94. The molecule has 0 amide bonds. The van der Waals surface area contributed by atoms with E-state index in [1.807, 2.05) is 27.7 Å². The Morgan fingerprint density at radius 2 is 1.28 bits per heavy atom. The van der Waals surface area contributed by atoms with Crippen LogP contribution in [0.2, 0.25) is 0 Å². The molecule has 0 N–H and O–H groups in total. The summed E-state index contributed by atoms with van der Waals surface area (Å²) in [6, 6.07) is 22.0. The largest absolute Gasteiger partial charge is 0.0760 e. The molecular weight excluding hydrogens is 468 g/mol. The molecule has 39 heavy (non-hydrogen) atoms. The first-order valence-corrected chi connectivity index (χ1v) is 16.9. The number of hydrogen-bond acceptors (Lipinski definition) is 0. The highest BCUT2D eigenvalue weighted by molar-refractivity contribution is 5.79. The van der Waals surface area contributed by atoms with Gasteiger partial charge in [-0.3, -0.25) is 0 Å². The fourth-order valence-electron chi connectivity index (χ4n) is 9.94. The van der Waals surface area contributed by atoms with E-state index in [2.05, 4.69) is 80.6 Å². The van der Waals surface area contributed by atoms with Crippen LogP contribution in [-0.2, 0) is 0 Å². The van der Waals surface area contributed by atoms with Gasteiger partial charge < -0.3 is 0 Å². The molecule has 0 heterocycles. The molecule has 2 aromatic carbocycles. The Kier molecular flexibility index (Phi) is 10.6. The Morgan fingerprint density at radius 3 is 1.92 bits per heavy atom. The zero-order chi connectivity index (χ0) is 27.9. The van der Waals surface area contributed by atoms with Crippen LogP contribution in [0.15, 0.2) is 66.7 Å². The maximum absolute atomic E-state index is 2.72. The summed E-state index contributed by atoms with van der Waals surface area (Å²) in [5.74, 6) is 5.00. The van der Waals surface area contributed by atoms with Crippen LogP contribution in [0, 0.1) is 40.4 Å². The van der Waals surface area contributed by atoms with E-state index in [0.717, 1.165) is 29.6 Å². The Labute approximate surface area is 242 Å². The van der Waals surface area contributed by atoms with Gasteiger partial charge in [-0.25, -0.2) is 0 Å². The van der Waals surface area contributed by atoms with Gasteiger partial charge in [-0.15, -0.1) is 0 Å². The standard InChI is InChI=1S/C35H46.2C2H6/c1-34-24-10-9-16-28(34)19-21-31-32-22-20-29(35(32,2)25-23-33(31)34)17-11-18-30(26-12-5-3-6-13-26)27-14-7-4-8-15-27;2*1-2/h3-8,12-15,18,28-29,31-33H,9-11,16-17,19-25H2,1-2H3;2*1-2H3. The van der Waals surface area contributed by atoms with E-state index in [1.165, 1.54) is 87.3 Å². The molecule has 0 aliphatic heterocycles. The highest BCUT2D eigenvalue weighted by Gasteiger charge is 2.59. The topological polar surface area (TPSA) is 0 Å². The molecule has 0 saturated heterocycles. The lowest BCUT2D eigenvalue weighted by Crippen LogP contribution is -2.52. The molecule has 0 nitrogen and oxygen atoms in total. The van der Waals surface area contributed by atoms with Gasteiger partial charge in [0.25, 0.3) is 0 Å². The molecule has 2 aromatic rings. The summed E-state index contributed by atoms with van der Waals surface area (Å²) in [6.07, 6.45) is 20.3. The molecule has 0 radical (unpaired) electrons. The van der Waals surface area contributed by atoms with Gasteiger partial charge in [-0.2, -0.15) is 0 Å². The number of hydrogen-bond donors (Lipinski definition) is 0. The first-order chi connectivity index (χ1) is 19.1. The van der Waals surface area contributed by atoms with E-state index in [9.17, 15) is 0 Å². The number of rotatable bonds is 5. The third kappa shape index (κ3) is 5.96. The van der Waals surface area contributed by atoms with Crippen LogP contribution in [0.5, 0.6) is 0 Å². The molecule has 214 valence electrons. The van der Waals surface area contributed by atoms with Crippen LogP contribution in [0.3, 0.4) is 0 Å². The van der Waals surface area contributed by atoms with Crippen molar-refractivity contribution in [3.05, 3.63) is 77.9 Å². The zero-order valence-electron chi connectivity index (χ0n) is 26.2. The van der Waals surface area contributed by atoms with Crippen molar-refractivity contribution in [3.63, 3.8) is 0 Å². The minimum absolute atomic E-state index is 0.590. The van der Waals surface area contributed by atoms with Crippen molar-refractivity contribution in [2.75, 3.05) is 0 Å². The maximum atomic E-state index is 2.72. The highest BCUT2D eigenvalue weighted by Crippen LogP contribution is 2.67. The zero-order valence-corrected chi connectivity index (χ0v) is 26.2. The Morgan fingerprint density at radius 1 is 0.667 bits per heavy atom. The molecule has 0 heteroatoms. The third-order valence-electron chi connectivity index (χ3n) is 11.8. The van der Waals surface area contributed by atoms with E-state index in [4.69, 9.17) is 0 Å². The van der Waals surface area contributed by atoms with Gasteiger partial charge in [-0.05, 0) is 121 Å². The van der Waals surface area contributed by atoms with Crippen molar-refractivity contribution in [1.29, 1.82) is 0 Å². The second kappa shape index (κ2) is 13.7. The third-order valence-corrected chi connectivity index (χ3v) is 11.8. The van der Waals surface area contributed by atoms with Crippen LogP contribution in [-0.4, -0.2) is 0 Å². The molecular formula is C39H58. The monoisotopic (exact) mass is 526 g/mol. The summed E-state index contributed by atoms with van der Waals surface area (Å²) in [6.45, 7) is 13.4. The Balaban J connectivity index is 0.000000845. The van der Waals surface area contributed by atoms with Gasteiger partial charge in [0.2, 0.25) is 0 Å². The average Bonchev–Trinajstić information content (AvgIpc) is 3.34. The summed E-state index contributed by atoms with van der Waals surface area (Å²) in [5.41, 5.74) is 5.38. The SMILES string of the molecule is CC.CC.CC12CCCCC1CCC1C2CCC2(C)C(CCC=C(c3ccccc3)c3ccccc3)CCC12. The van der Waals surface area contributed by atoms with Crippen molar-refractivity contribution >= 4 is 5.57 Å². The molecule has 4 aliphatic carbocycles. The van der Waals surface area contributed by atoms with Gasteiger partial charge in [-0.1, -0.05) is 121 Å². The summed E-state index contributed by atoms with van der Waals surface area (Å²) < 4.78 is 0. The average molecular weight is 527 g/mol. The van der Waals surface area contributed by atoms with E-state index in [-0.39, 0.29) is 0 Å². The lowest BCUT2D eigenvalue weighted by atomic mass is 9.45. The minimum atomic E-state index is 0.590. The number of fused-ring (bicyclic) bond motifs is 5. The molecule has 7 atom stereocenters. The Hall–Kier alpha value is -1.82. The molecule has 0 aromatic heterocycles. The highest BCUT2D eigenvalue weighted by atomic mass is 14.6.